The van der Waals surface area contributed by atoms with Gasteiger partial charge in [-0.25, -0.2) is 0 Å². The third kappa shape index (κ3) is 4.59. The predicted molar refractivity (Wildman–Crippen MR) is 132 cm³/mol. The fourth-order valence-corrected chi connectivity index (χ4v) is 4.01. The molecule has 3 aromatic rings. The second-order valence-electron chi connectivity index (χ2n) is 7.90. The summed E-state index contributed by atoms with van der Waals surface area (Å²) in [6.07, 6.45) is 0. The Bertz CT molecular complexity index is 1300. The van der Waals surface area contributed by atoms with E-state index in [1.165, 1.54) is 18.9 Å². The van der Waals surface area contributed by atoms with E-state index in [0.717, 1.165) is 0 Å². The molecule has 3 aromatic carbocycles. The van der Waals surface area contributed by atoms with Gasteiger partial charge in [0.2, 0.25) is 5.91 Å². The number of ketones is 1. The number of rotatable bonds is 6. The maximum Gasteiger partial charge on any atom is 0.300 e. The first-order valence-corrected chi connectivity index (χ1v) is 10.8. The minimum atomic E-state index is -0.880. The zero-order valence-electron chi connectivity index (χ0n) is 19.4. The molecular formula is C27H24N2O6. The van der Waals surface area contributed by atoms with Crippen molar-refractivity contribution in [3.63, 3.8) is 0 Å². The number of aliphatic hydroxyl groups is 1. The molecule has 2 amide bonds. The summed E-state index contributed by atoms with van der Waals surface area (Å²) in [7, 11) is 3.07. The number of carbonyl (C=O) groups excluding carboxylic acids is 3. The van der Waals surface area contributed by atoms with Crippen LogP contribution in [-0.2, 0) is 14.4 Å². The molecule has 1 aliphatic heterocycles. The van der Waals surface area contributed by atoms with E-state index in [-0.39, 0.29) is 17.2 Å². The summed E-state index contributed by atoms with van der Waals surface area (Å²) in [5, 5.41) is 13.9. The number of ether oxygens (including phenoxy) is 2. The third-order valence-corrected chi connectivity index (χ3v) is 5.71. The minimum Gasteiger partial charge on any atom is -0.507 e. The van der Waals surface area contributed by atoms with Crippen molar-refractivity contribution >= 4 is 34.7 Å². The van der Waals surface area contributed by atoms with Gasteiger partial charge in [0.1, 0.15) is 17.3 Å². The number of aliphatic hydroxyl groups excluding tert-OH is 1. The predicted octanol–water partition coefficient (Wildman–Crippen LogP) is 4.29. The van der Waals surface area contributed by atoms with Crippen molar-refractivity contribution in [2.45, 2.75) is 13.0 Å². The molecule has 0 radical (unpaired) electrons. The lowest BCUT2D eigenvalue weighted by Crippen LogP contribution is -2.29. The highest BCUT2D eigenvalue weighted by Gasteiger charge is 2.47. The Balaban J connectivity index is 1.85. The number of methoxy groups -OCH3 is 2. The van der Waals surface area contributed by atoms with Gasteiger partial charge in [0.15, 0.2) is 0 Å². The van der Waals surface area contributed by atoms with Crippen molar-refractivity contribution in [3.05, 3.63) is 89.5 Å². The van der Waals surface area contributed by atoms with Crippen molar-refractivity contribution in [1.82, 2.24) is 0 Å². The standard InChI is InChI=1S/C27H24N2O6/c1-16(30)28-19-8-10-20(11-9-19)29-24(17-4-12-21(34-2)13-5-17)23(26(32)27(29)33)25(31)18-6-14-22(35-3)15-7-18/h4-15,24,31H,1-3H3,(H,28,30)/b25-23+. The van der Waals surface area contributed by atoms with Crippen LogP contribution in [0.5, 0.6) is 11.5 Å². The zero-order chi connectivity index (χ0) is 25.1. The van der Waals surface area contributed by atoms with Crippen LogP contribution in [0.25, 0.3) is 5.76 Å². The van der Waals surface area contributed by atoms with Crippen molar-refractivity contribution in [2.24, 2.45) is 0 Å². The number of anilines is 2. The van der Waals surface area contributed by atoms with Crippen LogP contribution in [0.1, 0.15) is 24.1 Å². The van der Waals surface area contributed by atoms with Crippen LogP contribution >= 0.6 is 0 Å². The summed E-state index contributed by atoms with van der Waals surface area (Å²) in [6, 6.07) is 19.2. The SMILES string of the molecule is COc1ccc(/C(O)=C2\C(=O)C(=O)N(c3ccc(NC(C)=O)cc3)C2c2ccc(OC)cc2)cc1. The van der Waals surface area contributed by atoms with Gasteiger partial charge in [0, 0.05) is 23.9 Å². The molecular weight excluding hydrogens is 448 g/mol. The lowest BCUT2D eigenvalue weighted by Gasteiger charge is -2.25. The number of nitrogens with one attached hydrogen (secondary N) is 1. The van der Waals surface area contributed by atoms with Gasteiger partial charge in [0.25, 0.3) is 11.7 Å². The summed E-state index contributed by atoms with van der Waals surface area (Å²) in [5.41, 5.74) is 1.96. The quantitative estimate of drug-likeness (QED) is 0.315. The molecule has 0 aromatic heterocycles. The van der Waals surface area contributed by atoms with Crippen LogP contribution in [0, 0.1) is 0 Å². The van der Waals surface area contributed by atoms with Gasteiger partial charge in [-0.2, -0.15) is 0 Å². The van der Waals surface area contributed by atoms with Crippen molar-refractivity contribution in [3.8, 4) is 11.5 Å². The molecule has 1 heterocycles. The molecule has 1 atom stereocenters. The maximum atomic E-state index is 13.2. The normalized spacial score (nSPS) is 16.8. The molecule has 35 heavy (non-hydrogen) atoms. The topological polar surface area (TPSA) is 105 Å². The molecule has 0 spiro atoms. The van der Waals surface area contributed by atoms with Crippen molar-refractivity contribution in [2.75, 3.05) is 24.4 Å². The van der Waals surface area contributed by atoms with Crippen molar-refractivity contribution in [1.29, 1.82) is 0 Å². The summed E-state index contributed by atoms with van der Waals surface area (Å²) in [6.45, 7) is 1.40. The second-order valence-corrected chi connectivity index (χ2v) is 7.90. The van der Waals surface area contributed by atoms with Crippen LogP contribution < -0.4 is 19.7 Å². The summed E-state index contributed by atoms with van der Waals surface area (Å²) in [4.78, 5) is 39.2. The average molecular weight is 472 g/mol. The van der Waals surface area contributed by atoms with E-state index in [4.69, 9.17) is 9.47 Å². The zero-order valence-corrected chi connectivity index (χ0v) is 19.4. The van der Waals surface area contributed by atoms with Gasteiger partial charge in [0.05, 0.1) is 25.8 Å². The first-order chi connectivity index (χ1) is 16.8. The fraction of sp³-hybridized carbons (Fsp3) is 0.148. The lowest BCUT2D eigenvalue weighted by molar-refractivity contribution is -0.132. The number of amides is 2. The van der Waals surface area contributed by atoms with Gasteiger partial charge >= 0.3 is 0 Å². The molecule has 0 bridgehead atoms. The Morgan fingerprint density at radius 2 is 1.40 bits per heavy atom. The van der Waals surface area contributed by atoms with E-state index in [1.807, 2.05) is 0 Å². The molecule has 4 rings (SSSR count). The average Bonchev–Trinajstić information content (AvgIpc) is 3.14. The number of benzene rings is 3. The molecule has 1 unspecified atom stereocenters. The van der Waals surface area contributed by atoms with Gasteiger partial charge in [-0.05, 0) is 66.2 Å². The van der Waals surface area contributed by atoms with E-state index in [2.05, 4.69) is 5.32 Å². The van der Waals surface area contributed by atoms with Gasteiger partial charge in [-0.15, -0.1) is 0 Å². The van der Waals surface area contributed by atoms with E-state index in [1.54, 1.807) is 79.9 Å². The smallest absolute Gasteiger partial charge is 0.300 e. The molecule has 1 fully saturated rings. The van der Waals surface area contributed by atoms with Crippen LogP contribution in [-0.4, -0.2) is 36.9 Å². The highest BCUT2D eigenvalue weighted by molar-refractivity contribution is 6.51. The molecule has 0 aliphatic carbocycles. The Morgan fingerprint density at radius 3 is 1.91 bits per heavy atom. The van der Waals surface area contributed by atoms with E-state index in [9.17, 15) is 19.5 Å². The van der Waals surface area contributed by atoms with E-state index >= 15 is 0 Å². The molecule has 8 nitrogen and oxygen atoms in total. The van der Waals surface area contributed by atoms with Crippen LogP contribution in [0.3, 0.4) is 0 Å². The third-order valence-electron chi connectivity index (χ3n) is 5.71. The number of hydrogen-bond acceptors (Lipinski definition) is 6. The molecule has 178 valence electrons. The summed E-state index contributed by atoms with van der Waals surface area (Å²) in [5.74, 6) is -0.883. The molecule has 0 saturated carbocycles. The van der Waals surface area contributed by atoms with Gasteiger partial charge in [-0.1, -0.05) is 12.1 Å². The Morgan fingerprint density at radius 1 is 0.857 bits per heavy atom. The van der Waals surface area contributed by atoms with Crippen LogP contribution in [0.15, 0.2) is 78.4 Å². The number of carbonyl (C=O) groups is 3. The number of hydrogen-bond donors (Lipinski definition) is 2. The fourth-order valence-electron chi connectivity index (χ4n) is 4.01. The van der Waals surface area contributed by atoms with Gasteiger partial charge in [-0.3, -0.25) is 19.3 Å². The van der Waals surface area contributed by atoms with E-state index in [0.29, 0.717) is 34.0 Å². The number of nitrogens with zero attached hydrogens (tertiary/aromatic N) is 1. The lowest BCUT2D eigenvalue weighted by atomic mass is 9.95. The van der Waals surface area contributed by atoms with Crippen molar-refractivity contribution < 1.29 is 29.0 Å². The molecule has 1 saturated heterocycles. The van der Waals surface area contributed by atoms with Gasteiger partial charge < -0.3 is 19.9 Å². The Kier molecular flexibility index (Phi) is 6.55. The Hall–Kier alpha value is -4.59. The summed E-state index contributed by atoms with van der Waals surface area (Å²) >= 11 is 0. The second kappa shape index (κ2) is 9.72. The highest BCUT2D eigenvalue weighted by Crippen LogP contribution is 2.42. The number of Topliss-reactive ketones (excluding diaryl/α,β-unsaturated/α-hetero) is 1. The monoisotopic (exact) mass is 472 g/mol. The van der Waals surface area contributed by atoms with Crippen LogP contribution in [0.4, 0.5) is 11.4 Å². The largest absolute Gasteiger partial charge is 0.507 e. The summed E-state index contributed by atoms with van der Waals surface area (Å²) < 4.78 is 10.4. The molecule has 1 aliphatic rings. The molecule has 2 N–H and O–H groups in total. The minimum absolute atomic E-state index is 0.0312. The molecule has 8 heteroatoms. The maximum absolute atomic E-state index is 13.2. The first-order valence-electron chi connectivity index (χ1n) is 10.8. The first kappa shape index (κ1) is 23.6. The van der Waals surface area contributed by atoms with E-state index < -0.39 is 17.7 Å². The van der Waals surface area contributed by atoms with Crippen LogP contribution in [0.2, 0.25) is 0 Å². The highest BCUT2D eigenvalue weighted by atomic mass is 16.5. The Labute approximate surface area is 202 Å².